The van der Waals surface area contributed by atoms with Gasteiger partial charge in [-0.15, -0.1) is 0 Å². The Kier molecular flexibility index (Phi) is 2.57. The van der Waals surface area contributed by atoms with E-state index in [1.54, 1.807) is 12.3 Å². The fraction of sp³-hybridized carbons (Fsp3) is 0. The SMILES string of the molecule is N#Cc1cc(-c2cc(N)nc3cccnc23)c2ccccn12. The molecule has 0 atom stereocenters. The van der Waals surface area contributed by atoms with Gasteiger partial charge in [-0.05, 0) is 36.4 Å². The first-order valence-electron chi connectivity index (χ1n) is 6.80. The molecular formula is C17H11N5. The van der Waals surface area contributed by atoms with Crippen LogP contribution in [0.4, 0.5) is 5.82 Å². The summed E-state index contributed by atoms with van der Waals surface area (Å²) in [6, 6.07) is 15.4. The van der Waals surface area contributed by atoms with E-state index in [4.69, 9.17) is 5.73 Å². The van der Waals surface area contributed by atoms with Gasteiger partial charge in [-0.25, -0.2) is 4.98 Å². The summed E-state index contributed by atoms with van der Waals surface area (Å²) in [5.41, 5.74) is 10.8. The first-order valence-corrected chi connectivity index (χ1v) is 6.80. The molecule has 0 saturated heterocycles. The lowest BCUT2D eigenvalue weighted by Gasteiger charge is -2.06. The maximum absolute atomic E-state index is 9.34. The quantitative estimate of drug-likeness (QED) is 0.583. The summed E-state index contributed by atoms with van der Waals surface area (Å²) in [7, 11) is 0. The van der Waals surface area contributed by atoms with Gasteiger partial charge >= 0.3 is 0 Å². The van der Waals surface area contributed by atoms with Gasteiger partial charge in [0.05, 0.1) is 16.6 Å². The third-order valence-electron chi connectivity index (χ3n) is 3.66. The predicted octanol–water partition coefficient (Wildman–Crippen LogP) is 3.00. The van der Waals surface area contributed by atoms with Gasteiger partial charge in [0.25, 0.3) is 0 Å². The lowest BCUT2D eigenvalue weighted by Crippen LogP contribution is -1.94. The molecule has 0 aliphatic carbocycles. The largest absolute Gasteiger partial charge is 0.384 e. The summed E-state index contributed by atoms with van der Waals surface area (Å²) >= 11 is 0. The number of nitrogen functional groups attached to an aromatic ring is 1. The van der Waals surface area contributed by atoms with Gasteiger partial charge in [-0.3, -0.25) is 4.98 Å². The van der Waals surface area contributed by atoms with Crippen LogP contribution in [0.2, 0.25) is 0 Å². The van der Waals surface area contributed by atoms with Crippen molar-refractivity contribution in [3.8, 4) is 17.2 Å². The van der Waals surface area contributed by atoms with E-state index in [1.165, 1.54) is 0 Å². The molecule has 0 aliphatic heterocycles. The van der Waals surface area contributed by atoms with E-state index >= 15 is 0 Å². The molecule has 0 radical (unpaired) electrons. The van der Waals surface area contributed by atoms with Crippen LogP contribution in [0.1, 0.15) is 5.69 Å². The highest BCUT2D eigenvalue weighted by atomic mass is 14.9. The van der Waals surface area contributed by atoms with Gasteiger partial charge in [0.15, 0.2) is 0 Å². The van der Waals surface area contributed by atoms with E-state index in [0.29, 0.717) is 11.5 Å². The molecule has 4 heterocycles. The lowest BCUT2D eigenvalue weighted by molar-refractivity contribution is 1.16. The number of rotatable bonds is 1. The number of aromatic nitrogens is 3. The number of hydrogen-bond donors (Lipinski definition) is 1. The van der Waals surface area contributed by atoms with Crippen LogP contribution >= 0.6 is 0 Å². The second-order valence-corrected chi connectivity index (χ2v) is 4.98. The van der Waals surface area contributed by atoms with Crippen molar-refractivity contribution in [1.29, 1.82) is 5.26 Å². The molecule has 0 saturated carbocycles. The molecule has 0 bridgehead atoms. The van der Waals surface area contributed by atoms with Crippen molar-refractivity contribution in [3.05, 3.63) is 60.6 Å². The molecular weight excluding hydrogens is 274 g/mol. The van der Waals surface area contributed by atoms with E-state index in [-0.39, 0.29) is 0 Å². The summed E-state index contributed by atoms with van der Waals surface area (Å²) in [4.78, 5) is 8.74. The summed E-state index contributed by atoms with van der Waals surface area (Å²) in [5.74, 6) is 0.435. The zero-order chi connectivity index (χ0) is 15.1. The highest BCUT2D eigenvalue weighted by molar-refractivity contribution is 5.98. The molecule has 4 rings (SSSR count). The molecule has 0 amide bonds. The molecule has 0 unspecified atom stereocenters. The molecule has 4 aromatic rings. The third-order valence-corrected chi connectivity index (χ3v) is 3.66. The zero-order valence-corrected chi connectivity index (χ0v) is 11.6. The average Bonchev–Trinajstić information content (AvgIpc) is 2.93. The van der Waals surface area contributed by atoms with Crippen LogP contribution in [0.3, 0.4) is 0 Å². The van der Waals surface area contributed by atoms with E-state index in [9.17, 15) is 5.26 Å². The highest BCUT2D eigenvalue weighted by Crippen LogP contribution is 2.33. The number of nitriles is 1. The van der Waals surface area contributed by atoms with Crippen LogP contribution in [0.5, 0.6) is 0 Å². The van der Waals surface area contributed by atoms with E-state index < -0.39 is 0 Å². The minimum atomic E-state index is 0.435. The number of pyridine rings is 3. The molecule has 5 nitrogen and oxygen atoms in total. The summed E-state index contributed by atoms with van der Waals surface area (Å²) in [6.07, 6.45) is 3.60. The fourth-order valence-electron chi connectivity index (χ4n) is 2.74. The van der Waals surface area contributed by atoms with Gasteiger partial charge in [0.2, 0.25) is 0 Å². The first-order chi connectivity index (χ1) is 10.8. The monoisotopic (exact) mass is 285 g/mol. The number of hydrogen-bond acceptors (Lipinski definition) is 4. The minimum Gasteiger partial charge on any atom is -0.384 e. The van der Waals surface area contributed by atoms with Crippen molar-refractivity contribution in [2.24, 2.45) is 0 Å². The van der Waals surface area contributed by atoms with Crippen LogP contribution in [0.15, 0.2) is 54.9 Å². The van der Waals surface area contributed by atoms with Crippen molar-refractivity contribution >= 4 is 22.4 Å². The van der Waals surface area contributed by atoms with E-state index in [2.05, 4.69) is 16.0 Å². The third kappa shape index (κ3) is 1.71. The van der Waals surface area contributed by atoms with Gasteiger partial charge in [-0.1, -0.05) is 6.07 Å². The summed E-state index contributed by atoms with van der Waals surface area (Å²) in [6.45, 7) is 0. The van der Waals surface area contributed by atoms with Crippen LogP contribution < -0.4 is 5.73 Å². The molecule has 104 valence electrons. The average molecular weight is 285 g/mol. The Bertz CT molecular complexity index is 1060. The number of nitrogens with two attached hydrogens (primary N) is 1. The second-order valence-electron chi connectivity index (χ2n) is 4.98. The van der Waals surface area contributed by atoms with Crippen LogP contribution in [-0.4, -0.2) is 14.4 Å². The predicted molar refractivity (Wildman–Crippen MR) is 85.1 cm³/mol. The molecule has 4 aromatic heterocycles. The first kappa shape index (κ1) is 12.4. The maximum atomic E-state index is 9.34. The summed E-state index contributed by atoms with van der Waals surface area (Å²) < 4.78 is 1.86. The standard InChI is InChI=1S/C17H11N5/c18-10-11-8-12(15-5-1-2-7-22(11)15)13-9-16(19)21-14-4-3-6-20-17(13)14/h1-9H,(H2,19,21). The lowest BCUT2D eigenvalue weighted by atomic mass is 10.1. The molecule has 2 N–H and O–H groups in total. The molecule has 22 heavy (non-hydrogen) atoms. The van der Waals surface area contributed by atoms with Crippen molar-refractivity contribution in [3.63, 3.8) is 0 Å². The highest BCUT2D eigenvalue weighted by Gasteiger charge is 2.14. The van der Waals surface area contributed by atoms with Gasteiger partial charge < -0.3 is 10.1 Å². The molecule has 0 fully saturated rings. The van der Waals surface area contributed by atoms with Gasteiger partial charge in [0, 0.05) is 23.5 Å². The zero-order valence-electron chi connectivity index (χ0n) is 11.6. The van der Waals surface area contributed by atoms with Crippen LogP contribution in [0.25, 0.3) is 27.7 Å². The Balaban J connectivity index is 2.15. The number of fused-ring (bicyclic) bond motifs is 2. The Morgan fingerprint density at radius 3 is 2.86 bits per heavy atom. The van der Waals surface area contributed by atoms with E-state index in [1.807, 2.05) is 47.0 Å². The molecule has 0 spiro atoms. The number of anilines is 1. The van der Waals surface area contributed by atoms with Crippen molar-refractivity contribution in [2.45, 2.75) is 0 Å². The topological polar surface area (TPSA) is 80.0 Å². The number of nitrogens with zero attached hydrogens (tertiary/aromatic N) is 4. The van der Waals surface area contributed by atoms with Crippen LogP contribution in [-0.2, 0) is 0 Å². The molecule has 5 heteroatoms. The molecule has 0 aromatic carbocycles. The Morgan fingerprint density at radius 1 is 1.09 bits per heavy atom. The fourth-order valence-corrected chi connectivity index (χ4v) is 2.74. The van der Waals surface area contributed by atoms with Crippen molar-refractivity contribution in [2.75, 3.05) is 5.73 Å². The van der Waals surface area contributed by atoms with Gasteiger partial charge in [0.1, 0.15) is 17.6 Å². The van der Waals surface area contributed by atoms with Crippen molar-refractivity contribution < 1.29 is 0 Å². The Hall–Kier alpha value is -3.39. The Morgan fingerprint density at radius 2 is 2.00 bits per heavy atom. The minimum absolute atomic E-state index is 0.435. The van der Waals surface area contributed by atoms with E-state index in [0.717, 1.165) is 27.7 Å². The van der Waals surface area contributed by atoms with Gasteiger partial charge in [-0.2, -0.15) is 5.26 Å². The van der Waals surface area contributed by atoms with Crippen molar-refractivity contribution in [1.82, 2.24) is 14.4 Å². The van der Waals surface area contributed by atoms with Crippen LogP contribution in [0, 0.1) is 11.3 Å². The normalized spacial score (nSPS) is 10.9. The maximum Gasteiger partial charge on any atom is 0.125 e. The smallest absolute Gasteiger partial charge is 0.125 e. The summed E-state index contributed by atoms with van der Waals surface area (Å²) in [5, 5.41) is 9.34. The second kappa shape index (κ2) is 4.57. The Labute approximate surface area is 126 Å². The molecule has 0 aliphatic rings.